The minimum absolute atomic E-state index is 0. The number of pyridine rings is 2. The normalized spacial score (nSPS) is 12.0. The van der Waals surface area contributed by atoms with Crippen molar-refractivity contribution in [2.45, 2.75) is 52.4 Å². The summed E-state index contributed by atoms with van der Waals surface area (Å²) in [6.07, 6.45) is 5.56. The van der Waals surface area contributed by atoms with Gasteiger partial charge in [-0.05, 0) is 67.9 Å². The Bertz CT molecular complexity index is 2950. The monoisotopic (exact) mass is 922 g/mol. The molecule has 5 nitrogen and oxygen atoms in total. The van der Waals surface area contributed by atoms with Gasteiger partial charge in [0.15, 0.2) is 0 Å². The molecule has 0 aliphatic rings. The van der Waals surface area contributed by atoms with Gasteiger partial charge in [0.05, 0.1) is 23.1 Å². The van der Waals surface area contributed by atoms with Crippen molar-refractivity contribution in [2.24, 2.45) is 0 Å². The molecule has 0 bridgehead atoms. The van der Waals surface area contributed by atoms with Gasteiger partial charge in [-0.1, -0.05) is 138 Å². The van der Waals surface area contributed by atoms with E-state index in [9.17, 15) is 5.11 Å². The summed E-state index contributed by atoms with van der Waals surface area (Å²) in [4.78, 5) is 15.2. The summed E-state index contributed by atoms with van der Waals surface area (Å²) in [7, 11) is 0. The molecule has 0 amide bonds. The number of nitrogens with zero attached hydrogens (tertiary/aromatic N) is 4. The van der Waals surface area contributed by atoms with Gasteiger partial charge in [0, 0.05) is 61.4 Å². The smallest absolute Gasteiger partial charge is 0.124 e. The fourth-order valence-electron chi connectivity index (χ4n) is 7.78. The first-order chi connectivity index (χ1) is 27.0. The number of fused-ring (bicyclic) bond motifs is 3. The van der Waals surface area contributed by atoms with Crippen molar-refractivity contribution in [2.75, 3.05) is 0 Å². The molecule has 0 saturated heterocycles. The second kappa shape index (κ2) is 14.6. The van der Waals surface area contributed by atoms with Crippen LogP contribution >= 0.6 is 0 Å². The number of rotatable bonds is 5. The van der Waals surface area contributed by atoms with Crippen molar-refractivity contribution < 1.29 is 26.2 Å². The van der Waals surface area contributed by atoms with E-state index in [1.807, 2.05) is 48.9 Å². The van der Waals surface area contributed by atoms with E-state index in [-0.39, 0.29) is 37.6 Å². The van der Waals surface area contributed by atoms with E-state index in [4.69, 9.17) is 15.0 Å². The van der Waals surface area contributed by atoms with E-state index in [0.29, 0.717) is 5.56 Å². The van der Waals surface area contributed by atoms with Crippen molar-refractivity contribution in [1.29, 1.82) is 0 Å². The molecule has 9 rings (SSSR count). The largest absolute Gasteiger partial charge is 0.507 e. The maximum atomic E-state index is 11.5. The Morgan fingerprint density at radius 1 is 0.596 bits per heavy atom. The van der Waals surface area contributed by atoms with Crippen molar-refractivity contribution in [3.05, 3.63) is 163 Å². The van der Waals surface area contributed by atoms with Crippen molar-refractivity contribution in [3.8, 4) is 56.2 Å². The third-order valence-corrected chi connectivity index (χ3v) is 10.8. The molecule has 284 valence electrons. The molecule has 3 heterocycles. The van der Waals surface area contributed by atoms with E-state index < -0.39 is 0 Å². The van der Waals surface area contributed by atoms with Gasteiger partial charge in [-0.15, -0.1) is 29.8 Å². The van der Waals surface area contributed by atoms with Crippen LogP contribution in [0.1, 0.15) is 52.7 Å². The molecule has 0 spiro atoms. The Labute approximate surface area is 348 Å². The number of hydrogen-bond donors (Lipinski definition) is 1. The molecule has 0 aliphatic carbocycles. The Hall–Kier alpha value is -5.90. The van der Waals surface area contributed by atoms with Crippen LogP contribution < -0.4 is 0 Å². The van der Waals surface area contributed by atoms with Gasteiger partial charge in [0.1, 0.15) is 5.75 Å². The van der Waals surface area contributed by atoms with Crippen molar-refractivity contribution in [1.82, 2.24) is 19.5 Å². The standard InChI is InChI=1S/C51H43N4O.Pt/c1-50(2,3)37-22-23-43(40(28-37)32-14-8-7-9-15-32)55-44-31-52-30-42(46-39-20-11-10-16-33(39)21-24-45(46)56)48(44)54-49(55)36-18-12-17-34(26-36)41-29-38(51(4,5)6)27-35-19-13-25-53-47(35)41;/h7-25,27-31,56H,1-6H3;/q-1;. The summed E-state index contributed by atoms with van der Waals surface area (Å²) in [5.74, 6) is 0.904. The average Bonchev–Trinajstić information content (AvgIpc) is 3.60. The first-order valence-corrected chi connectivity index (χ1v) is 19.2. The number of hydrogen-bond acceptors (Lipinski definition) is 4. The quantitative estimate of drug-likeness (QED) is 0.175. The van der Waals surface area contributed by atoms with Crippen LogP contribution in [0.4, 0.5) is 0 Å². The zero-order chi connectivity index (χ0) is 38.8. The topological polar surface area (TPSA) is 63.8 Å². The first-order valence-electron chi connectivity index (χ1n) is 19.2. The predicted octanol–water partition coefficient (Wildman–Crippen LogP) is 12.9. The van der Waals surface area contributed by atoms with Gasteiger partial charge in [-0.2, -0.15) is 0 Å². The number of phenols is 1. The van der Waals surface area contributed by atoms with Crippen molar-refractivity contribution >= 4 is 32.7 Å². The van der Waals surface area contributed by atoms with Crippen LogP contribution in [0, 0.1) is 6.07 Å². The molecule has 3 aromatic heterocycles. The maximum Gasteiger partial charge on any atom is 0.124 e. The Kier molecular flexibility index (Phi) is 9.70. The van der Waals surface area contributed by atoms with Gasteiger partial charge in [0.25, 0.3) is 0 Å². The molecule has 0 radical (unpaired) electrons. The number of benzene rings is 6. The van der Waals surface area contributed by atoms with Gasteiger partial charge < -0.3 is 9.67 Å². The molecular weight excluding hydrogens is 880 g/mol. The molecule has 6 heteroatoms. The van der Waals surface area contributed by atoms with Crippen LogP contribution in [-0.4, -0.2) is 24.6 Å². The van der Waals surface area contributed by atoms with Crippen LogP contribution in [0.25, 0.3) is 83.2 Å². The Balaban J connectivity index is 0.00000455. The van der Waals surface area contributed by atoms with Gasteiger partial charge >= 0.3 is 0 Å². The zero-order valence-electron chi connectivity index (χ0n) is 32.9. The molecule has 6 aromatic carbocycles. The summed E-state index contributed by atoms with van der Waals surface area (Å²) < 4.78 is 2.22. The third-order valence-electron chi connectivity index (χ3n) is 10.8. The molecule has 0 fully saturated rings. The molecule has 9 aromatic rings. The van der Waals surface area contributed by atoms with Crippen LogP contribution in [-0.2, 0) is 31.9 Å². The fraction of sp³-hybridized carbons (Fsp3) is 0.157. The van der Waals surface area contributed by atoms with E-state index in [1.165, 1.54) is 11.1 Å². The molecular formula is C51H43N4OPt-. The first kappa shape index (κ1) is 38.0. The fourth-order valence-corrected chi connectivity index (χ4v) is 7.78. The van der Waals surface area contributed by atoms with E-state index >= 15 is 0 Å². The number of imidazole rings is 1. The second-order valence-corrected chi connectivity index (χ2v) is 16.7. The predicted molar refractivity (Wildman–Crippen MR) is 231 cm³/mol. The van der Waals surface area contributed by atoms with Crippen LogP contribution in [0.5, 0.6) is 5.75 Å². The molecule has 57 heavy (non-hydrogen) atoms. The van der Waals surface area contributed by atoms with Gasteiger partial charge in [-0.3, -0.25) is 15.0 Å². The van der Waals surface area contributed by atoms with E-state index in [1.54, 1.807) is 6.07 Å². The van der Waals surface area contributed by atoms with Crippen LogP contribution in [0.15, 0.2) is 146 Å². The van der Waals surface area contributed by atoms with E-state index in [2.05, 4.69) is 143 Å². The number of aromatic hydroxyl groups is 1. The van der Waals surface area contributed by atoms with Crippen LogP contribution in [0.2, 0.25) is 0 Å². The minimum atomic E-state index is -0.0664. The summed E-state index contributed by atoms with van der Waals surface area (Å²) >= 11 is 0. The third kappa shape index (κ3) is 6.85. The number of phenolic OH excluding ortho intramolecular Hbond substituents is 1. The molecule has 0 aliphatic heterocycles. The van der Waals surface area contributed by atoms with Gasteiger partial charge in [0.2, 0.25) is 0 Å². The molecule has 1 N–H and O–H groups in total. The molecule has 0 unspecified atom stereocenters. The summed E-state index contributed by atoms with van der Waals surface area (Å²) in [5.41, 5.74) is 12.3. The molecule has 0 saturated carbocycles. The molecule has 0 atom stereocenters. The minimum Gasteiger partial charge on any atom is -0.507 e. The van der Waals surface area contributed by atoms with Crippen LogP contribution in [0.3, 0.4) is 0 Å². The van der Waals surface area contributed by atoms with Crippen molar-refractivity contribution in [3.63, 3.8) is 0 Å². The maximum absolute atomic E-state index is 11.5. The van der Waals surface area contributed by atoms with E-state index in [0.717, 1.165) is 77.6 Å². The summed E-state index contributed by atoms with van der Waals surface area (Å²) in [5, 5.41) is 14.5. The average molecular weight is 923 g/mol. The Morgan fingerprint density at radius 2 is 1.32 bits per heavy atom. The SMILES string of the molecule is CC(C)(C)c1ccc(-n2c(-c3[c-]c(-c4cc(C(C)(C)C)cc5cccnc45)ccc3)nc3c(-c4c(O)ccc5ccccc45)cncc32)c(-c2ccccc2)c1.[Pt]. The summed E-state index contributed by atoms with van der Waals surface area (Å²) in [6.45, 7) is 13.5. The van der Waals surface area contributed by atoms with Gasteiger partial charge in [-0.25, -0.2) is 0 Å². The Morgan fingerprint density at radius 3 is 2.11 bits per heavy atom. The number of aromatic nitrogens is 4. The second-order valence-electron chi connectivity index (χ2n) is 16.7. The zero-order valence-corrected chi connectivity index (χ0v) is 35.2. The summed E-state index contributed by atoms with van der Waals surface area (Å²) in [6, 6.07) is 47.8.